The number of morpholine rings is 1. The first-order valence-electron chi connectivity index (χ1n) is 5.35. The lowest BCUT2D eigenvalue weighted by Crippen LogP contribution is -2.45. The van der Waals surface area contributed by atoms with E-state index in [1.807, 2.05) is 0 Å². The number of hydrogen-bond acceptors (Lipinski definition) is 3. The number of hydrogen-bond donors (Lipinski definition) is 1. The molecule has 80 valence electrons. The van der Waals surface area contributed by atoms with Gasteiger partial charge in [-0.3, -0.25) is 4.90 Å². The first-order valence-corrected chi connectivity index (χ1v) is 5.35. The van der Waals surface area contributed by atoms with Gasteiger partial charge in [-0.25, -0.2) is 0 Å². The van der Waals surface area contributed by atoms with Crippen LogP contribution in [0.5, 0.6) is 0 Å². The molecule has 0 aromatic heterocycles. The number of nitrogens with zero attached hydrogens (tertiary/aromatic N) is 1. The zero-order valence-electron chi connectivity index (χ0n) is 8.96. The van der Waals surface area contributed by atoms with Gasteiger partial charge in [-0.1, -0.05) is 12.8 Å². The van der Waals surface area contributed by atoms with Gasteiger partial charge in [0.25, 0.3) is 0 Å². The molecule has 1 fully saturated rings. The lowest BCUT2D eigenvalue weighted by atomic mass is 10.2. The Balaban J connectivity index is 2.26. The first-order chi connectivity index (χ1) is 6.86. The van der Waals surface area contributed by atoms with Crippen LogP contribution in [0.15, 0.2) is 0 Å². The summed E-state index contributed by atoms with van der Waals surface area (Å²) in [5, 5.41) is 3.32. The minimum atomic E-state index is 0.309. The van der Waals surface area contributed by atoms with E-state index in [2.05, 4.69) is 23.1 Å². The van der Waals surface area contributed by atoms with E-state index in [4.69, 9.17) is 11.2 Å². The predicted molar refractivity (Wildman–Crippen MR) is 58.2 cm³/mol. The molecule has 0 aromatic carbocycles. The molecule has 0 saturated carbocycles. The summed E-state index contributed by atoms with van der Waals surface area (Å²) in [5.41, 5.74) is 0. The van der Waals surface area contributed by atoms with Gasteiger partial charge in [-0.15, -0.1) is 6.42 Å². The topological polar surface area (TPSA) is 24.5 Å². The van der Waals surface area contributed by atoms with Crippen molar-refractivity contribution >= 4 is 0 Å². The fourth-order valence-corrected chi connectivity index (χ4v) is 1.71. The van der Waals surface area contributed by atoms with E-state index < -0.39 is 0 Å². The van der Waals surface area contributed by atoms with E-state index in [1.54, 1.807) is 0 Å². The molecule has 1 atom stereocenters. The second-order valence-corrected chi connectivity index (χ2v) is 3.64. The molecular weight excluding hydrogens is 176 g/mol. The highest BCUT2D eigenvalue weighted by atomic mass is 16.5. The Labute approximate surface area is 86.8 Å². The summed E-state index contributed by atoms with van der Waals surface area (Å²) in [7, 11) is 0. The molecule has 1 unspecified atom stereocenters. The molecule has 0 aromatic rings. The molecule has 3 heteroatoms. The molecule has 1 saturated heterocycles. The lowest BCUT2D eigenvalue weighted by molar-refractivity contribution is 0.00792. The smallest absolute Gasteiger partial charge is 0.0827 e. The average molecular weight is 196 g/mol. The standard InChI is InChI=1S/C11H20N2O/c1-3-6-13(7-4-2)10-11-9-12-5-8-14-11/h1,11-12H,4-10H2,2H3. The van der Waals surface area contributed by atoms with Crippen LogP contribution in [0.25, 0.3) is 0 Å². The van der Waals surface area contributed by atoms with E-state index in [0.29, 0.717) is 6.10 Å². The summed E-state index contributed by atoms with van der Waals surface area (Å²) in [6, 6.07) is 0. The number of nitrogens with one attached hydrogen (secondary N) is 1. The number of rotatable bonds is 5. The predicted octanol–water partition coefficient (Wildman–Crippen LogP) is 0.320. The molecule has 0 amide bonds. The maximum Gasteiger partial charge on any atom is 0.0827 e. The van der Waals surface area contributed by atoms with Crippen molar-refractivity contribution in [1.29, 1.82) is 0 Å². The Morgan fingerprint density at radius 1 is 1.64 bits per heavy atom. The highest BCUT2D eigenvalue weighted by molar-refractivity contribution is 4.89. The van der Waals surface area contributed by atoms with E-state index in [-0.39, 0.29) is 0 Å². The van der Waals surface area contributed by atoms with Gasteiger partial charge in [-0.2, -0.15) is 0 Å². The molecule has 0 radical (unpaired) electrons. The second-order valence-electron chi connectivity index (χ2n) is 3.64. The van der Waals surface area contributed by atoms with Crippen molar-refractivity contribution < 1.29 is 4.74 Å². The summed E-state index contributed by atoms with van der Waals surface area (Å²) >= 11 is 0. The summed E-state index contributed by atoms with van der Waals surface area (Å²) < 4.78 is 5.63. The lowest BCUT2D eigenvalue weighted by Gasteiger charge is -2.29. The molecular formula is C11H20N2O. The van der Waals surface area contributed by atoms with Crippen LogP contribution in [0.2, 0.25) is 0 Å². The van der Waals surface area contributed by atoms with Gasteiger partial charge in [0, 0.05) is 19.6 Å². The summed E-state index contributed by atoms with van der Waals surface area (Å²) in [5.74, 6) is 2.69. The summed E-state index contributed by atoms with van der Waals surface area (Å²) in [6.07, 6.45) is 6.77. The number of terminal acetylenes is 1. The normalized spacial score (nSPS) is 22.2. The Morgan fingerprint density at radius 3 is 3.07 bits per heavy atom. The van der Waals surface area contributed by atoms with Crippen LogP contribution in [0.3, 0.4) is 0 Å². The van der Waals surface area contributed by atoms with Crippen LogP contribution >= 0.6 is 0 Å². The maximum atomic E-state index is 5.63. The quantitative estimate of drug-likeness (QED) is 0.641. The molecule has 1 aliphatic rings. The van der Waals surface area contributed by atoms with E-state index in [9.17, 15) is 0 Å². The maximum absolute atomic E-state index is 5.63. The SMILES string of the molecule is C#CCN(CCC)CC1CNCCO1. The van der Waals surface area contributed by atoms with Gasteiger partial charge in [0.2, 0.25) is 0 Å². The van der Waals surface area contributed by atoms with Crippen LogP contribution < -0.4 is 5.32 Å². The Morgan fingerprint density at radius 2 is 2.50 bits per heavy atom. The van der Waals surface area contributed by atoms with Crippen molar-refractivity contribution in [3.63, 3.8) is 0 Å². The van der Waals surface area contributed by atoms with Crippen molar-refractivity contribution in [2.24, 2.45) is 0 Å². The van der Waals surface area contributed by atoms with Crippen molar-refractivity contribution in [1.82, 2.24) is 10.2 Å². The largest absolute Gasteiger partial charge is 0.374 e. The minimum absolute atomic E-state index is 0.309. The van der Waals surface area contributed by atoms with Gasteiger partial charge < -0.3 is 10.1 Å². The fourth-order valence-electron chi connectivity index (χ4n) is 1.71. The second kappa shape index (κ2) is 6.83. The molecule has 0 aliphatic carbocycles. The highest BCUT2D eigenvalue weighted by Gasteiger charge is 2.16. The van der Waals surface area contributed by atoms with E-state index in [1.165, 1.54) is 0 Å². The monoisotopic (exact) mass is 196 g/mol. The summed E-state index contributed by atoms with van der Waals surface area (Å²) in [6.45, 7) is 7.65. The molecule has 1 aliphatic heterocycles. The number of ether oxygens (including phenoxy) is 1. The van der Waals surface area contributed by atoms with Crippen LogP contribution in [-0.2, 0) is 4.74 Å². The van der Waals surface area contributed by atoms with Crippen molar-refractivity contribution in [2.75, 3.05) is 39.3 Å². The van der Waals surface area contributed by atoms with Crippen LogP contribution in [0.4, 0.5) is 0 Å². The molecule has 0 bridgehead atoms. The van der Waals surface area contributed by atoms with Gasteiger partial charge in [0.1, 0.15) is 0 Å². The third-order valence-electron chi connectivity index (χ3n) is 2.32. The zero-order valence-corrected chi connectivity index (χ0v) is 8.96. The minimum Gasteiger partial charge on any atom is -0.374 e. The van der Waals surface area contributed by atoms with Crippen molar-refractivity contribution in [3.05, 3.63) is 0 Å². The fraction of sp³-hybridized carbons (Fsp3) is 0.818. The van der Waals surface area contributed by atoms with Gasteiger partial charge in [0.15, 0.2) is 0 Å². The molecule has 1 N–H and O–H groups in total. The molecule has 3 nitrogen and oxygen atoms in total. The van der Waals surface area contributed by atoms with Crippen LogP contribution in [0.1, 0.15) is 13.3 Å². The third kappa shape index (κ3) is 4.10. The third-order valence-corrected chi connectivity index (χ3v) is 2.32. The van der Waals surface area contributed by atoms with Crippen LogP contribution in [0, 0.1) is 12.3 Å². The van der Waals surface area contributed by atoms with Gasteiger partial charge >= 0.3 is 0 Å². The Kier molecular flexibility index (Phi) is 5.62. The molecule has 1 heterocycles. The van der Waals surface area contributed by atoms with Gasteiger partial charge in [-0.05, 0) is 13.0 Å². The van der Waals surface area contributed by atoms with Crippen LogP contribution in [-0.4, -0.2) is 50.3 Å². The average Bonchev–Trinajstić information content (AvgIpc) is 2.20. The van der Waals surface area contributed by atoms with Crippen molar-refractivity contribution in [2.45, 2.75) is 19.4 Å². The molecule has 14 heavy (non-hydrogen) atoms. The summed E-state index contributed by atoms with van der Waals surface area (Å²) in [4.78, 5) is 2.28. The molecule has 0 spiro atoms. The van der Waals surface area contributed by atoms with Crippen molar-refractivity contribution in [3.8, 4) is 12.3 Å². The zero-order chi connectivity index (χ0) is 10.2. The molecule has 1 rings (SSSR count). The Hall–Kier alpha value is -0.560. The highest BCUT2D eigenvalue weighted by Crippen LogP contribution is 2.00. The van der Waals surface area contributed by atoms with E-state index in [0.717, 1.165) is 45.8 Å². The first kappa shape index (κ1) is 11.5. The Bertz CT molecular complexity index is 182. The van der Waals surface area contributed by atoms with Gasteiger partial charge in [0.05, 0.1) is 19.3 Å². The van der Waals surface area contributed by atoms with E-state index >= 15 is 0 Å².